The zero-order valence-corrected chi connectivity index (χ0v) is 29.9. The number of nitrogens with zero attached hydrogens (tertiary/aromatic N) is 2. The van der Waals surface area contributed by atoms with Crippen molar-refractivity contribution in [2.45, 2.75) is 68.5 Å². The first-order valence-corrected chi connectivity index (χ1v) is 18.0. The van der Waals surface area contributed by atoms with Crippen LogP contribution in [0.3, 0.4) is 0 Å². The molecular formula is C41H44ClN3O7. The summed E-state index contributed by atoms with van der Waals surface area (Å²) in [7, 11) is 0. The van der Waals surface area contributed by atoms with Crippen molar-refractivity contribution in [2.24, 2.45) is 11.8 Å². The summed E-state index contributed by atoms with van der Waals surface area (Å²) in [5, 5.41) is 14.3. The summed E-state index contributed by atoms with van der Waals surface area (Å²) in [6.45, 7) is 8.97. The van der Waals surface area contributed by atoms with Crippen molar-refractivity contribution in [3.63, 3.8) is 0 Å². The number of anilines is 1. The predicted octanol–water partition coefficient (Wildman–Crippen LogP) is 5.72. The van der Waals surface area contributed by atoms with Crippen LogP contribution in [0.25, 0.3) is 0 Å². The van der Waals surface area contributed by atoms with Crippen LogP contribution in [0.4, 0.5) is 5.69 Å². The molecule has 3 amide bonds. The number of likely N-dealkylation sites (tertiary alicyclic amines) is 1. The number of ether oxygens (including phenoxy) is 2. The first kappa shape index (κ1) is 37.0. The molecule has 272 valence electrons. The second-order valence-electron chi connectivity index (χ2n) is 13.6. The van der Waals surface area contributed by atoms with E-state index in [2.05, 4.69) is 18.5 Å². The third-order valence-electron chi connectivity index (χ3n) is 10.4. The van der Waals surface area contributed by atoms with E-state index in [4.69, 9.17) is 21.1 Å². The first-order chi connectivity index (χ1) is 25.1. The Morgan fingerprint density at radius 3 is 2.31 bits per heavy atom. The quantitative estimate of drug-likeness (QED) is 0.152. The molecule has 11 heteroatoms. The number of amides is 3. The van der Waals surface area contributed by atoms with Gasteiger partial charge in [-0.1, -0.05) is 84.4 Å². The highest BCUT2D eigenvalue weighted by molar-refractivity contribution is 6.30. The number of allylic oxidation sites excluding steroid dienone is 1. The van der Waals surface area contributed by atoms with Gasteiger partial charge in [-0.2, -0.15) is 0 Å². The molecule has 3 aliphatic heterocycles. The summed E-state index contributed by atoms with van der Waals surface area (Å²) >= 11 is 6.19. The summed E-state index contributed by atoms with van der Waals surface area (Å²) < 4.78 is 13.0. The van der Waals surface area contributed by atoms with Crippen molar-refractivity contribution < 1.29 is 33.8 Å². The van der Waals surface area contributed by atoms with E-state index in [9.17, 15) is 24.3 Å². The highest BCUT2D eigenvalue weighted by Gasteiger charge is 2.76. The van der Waals surface area contributed by atoms with Crippen molar-refractivity contribution in [3.05, 3.63) is 126 Å². The number of esters is 1. The van der Waals surface area contributed by atoms with Gasteiger partial charge in [0.1, 0.15) is 17.7 Å². The zero-order chi connectivity index (χ0) is 37.0. The molecule has 0 aliphatic carbocycles. The Bertz CT molecular complexity index is 1790. The number of fused-ring (bicyclic) bond motifs is 1. The van der Waals surface area contributed by atoms with Crippen LogP contribution in [0.2, 0.25) is 5.02 Å². The second-order valence-corrected chi connectivity index (χ2v) is 14.0. The molecule has 2 bridgehead atoms. The number of halogens is 1. The number of hydrogen-bond donors (Lipinski definition) is 2. The monoisotopic (exact) mass is 725 g/mol. The largest absolute Gasteiger partial charge is 0.455 e. The molecule has 0 saturated carbocycles. The smallest absolute Gasteiger partial charge is 0.313 e. The molecule has 8 atom stereocenters. The fourth-order valence-corrected chi connectivity index (χ4v) is 8.29. The lowest BCUT2D eigenvalue weighted by Crippen LogP contribution is -2.57. The van der Waals surface area contributed by atoms with Crippen molar-refractivity contribution >= 4 is 41.0 Å². The minimum atomic E-state index is -1.37. The van der Waals surface area contributed by atoms with E-state index < -0.39 is 72.2 Å². The van der Waals surface area contributed by atoms with Crippen LogP contribution in [0.5, 0.6) is 0 Å². The molecule has 3 fully saturated rings. The molecule has 52 heavy (non-hydrogen) atoms. The van der Waals surface area contributed by atoms with Gasteiger partial charge >= 0.3 is 5.97 Å². The molecule has 3 aromatic rings. The number of nitrogens with one attached hydrogen (secondary N) is 1. The van der Waals surface area contributed by atoms with Crippen LogP contribution in [-0.4, -0.2) is 70.6 Å². The summed E-state index contributed by atoms with van der Waals surface area (Å²) in [4.78, 5) is 60.1. The maximum Gasteiger partial charge on any atom is 0.313 e. The molecule has 0 aromatic heterocycles. The fourth-order valence-electron chi connectivity index (χ4n) is 8.16. The second kappa shape index (κ2) is 15.9. The first-order valence-electron chi connectivity index (χ1n) is 17.6. The summed E-state index contributed by atoms with van der Waals surface area (Å²) in [5.74, 6) is -3.86. The molecule has 1 spiro atoms. The Morgan fingerprint density at radius 1 is 1.04 bits per heavy atom. The van der Waals surface area contributed by atoms with Gasteiger partial charge in [0.25, 0.3) is 5.91 Å². The number of carbonyl (C=O) groups is 4. The number of aliphatic hydroxyl groups is 1. The van der Waals surface area contributed by atoms with Crippen molar-refractivity contribution in [3.8, 4) is 0 Å². The maximum atomic E-state index is 15.0. The standard InChI is InChI=1S/C41H44ClN3O7/c1-4-6-17-33(47)43-26(3)36(28-15-11-8-12-16-28)51-40(50)34-32-22-23-41(52-32)35(34)38(48)45(31(25-46)27-13-9-7-10-14-27)37(41)39(49)44(24-5-2)30-20-18-29(42)19-21-30/h4-5,7-16,18-21,26,31-32,34-37,46H,1-2,6,17,22-25H2,3H3,(H,43,47)/t26-,31+,32-,34+,35+,36-,37-,41+/m0/s1. The summed E-state index contributed by atoms with van der Waals surface area (Å²) in [6.07, 6.45) is 3.20. The Morgan fingerprint density at radius 2 is 1.69 bits per heavy atom. The predicted molar refractivity (Wildman–Crippen MR) is 197 cm³/mol. The van der Waals surface area contributed by atoms with E-state index in [1.807, 2.05) is 36.4 Å². The van der Waals surface area contributed by atoms with E-state index >= 15 is 0 Å². The molecule has 3 saturated heterocycles. The molecule has 0 unspecified atom stereocenters. The van der Waals surface area contributed by atoms with Gasteiger partial charge in [0, 0.05) is 23.7 Å². The normalized spacial score (nSPS) is 24.8. The third-order valence-corrected chi connectivity index (χ3v) is 10.7. The molecule has 10 nitrogen and oxygen atoms in total. The van der Waals surface area contributed by atoms with Gasteiger partial charge in [-0.3, -0.25) is 19.2 Å². The average Bonchev–Trinajstić information content (AvgIpc) is 3.80. The van der Waals surface area contributed by atoms with Gasteiger partial charge in [0.2, 0.25) is 11.8 Å². The highest BCUT2D eigenvalue weighted by Crippen LogP contribution is 2.60. The molecule has 3 aliphatic rings. The van der Waals surface area contributed by atoms with Crippen molar-refractivity contribution in [2.75, 3.05) is 18.1 Å². The average molecular weight is 726 g/mol. The van der Waals surface area contributed by atoms with E-state index in [1.54, 1.807) is 67.6 Å². The SMILES string of the molecule is C=CCCC(=O)N[C@@H](C)[C@H](OC(=O)[C@@H]1[C@@H]2CC[C@]3(O2)[C@H](C(=O)N(CC=C)c2ccc(Cl)cc2)N([C@H](CO)c2ccccc2)C(=O)[C@@H]13)c1ccccc1. The Hall–Kier alpha value is -4.77. The molecule has 0 radical (unpaired) electrons. The molecular weight excluding hydrogens is 682 g/mol. The highest BCUT2D eigenvalue weighted by atomic mass is 35.5. The Balaban J connectivity index is 1.39. The Kier molecular flexibility index (Phi) is 11.3. The van der Waals surface area contributed by atoms with Crippen LogP contribution >= 0.6 is 11.6 Å². The lowest BCUT2D eigenvalue weighted by Gasteiger charge is -2.39. The van der Waals surface area contributed by atoms with Gasteiger partial charge in [-0.15, -0.1) is 13.2 Å². The van der Waals surface area contributed by atoms with Crippen LogP contribution < -0.4 is 10.2 Å². The number of hydrogen-bond acceptors (Lipinski definition) is 7. The van der Waals surface area contributed by atoms with Gasteiger partial charge in [0.15, 0.2) is 0 Å². The maximum absolute atomic E-state index is 15.0. The summed E-state index contributed by atoms with van der Waals surface area (Å²) in [6, 6.07) is 22.2. The van der Waals surface area contributed by atoms with E-state index in [0.717, 1.165) is 0 Å². The van der Waals surface area contributed by atoms with Gasteiger partial charge in [-0.25, -0.2) is 0 Å². The Labute approximate surface area is 309 Å². The van der Waals surface area contributed by atoms with E-state index in [1.165, 1.54) is 9.80 Å². The number of rotatable bonds is 15. The summed E-state index contributed by atoms with van der Waals surface area (Å²) in [5.41, 5.74) is 0.475. The van der Waals surface area contributed by atoms with Crippen LogP contribution in [0.15, 0.2) is 110 Å². The van der Waals surface area contributed by atoms with Crippen LogP contribution in [-0.2, 0) is 28.7 Å². The minimum Gasteiger partial charge on any atom is -0.455 e. The lowest BCUT2D eigenvalue weighted by atomic mass is 9.70. The minimum absolute atomic E-state index is 0.124. The fraction of sp³-hybridized carbons (Fsp3) is 0.366. The third kappa shape index (κ3) is 6.90. The lowest BCUT2D eigenvalue weighted by molar-refractivity contribution is -0.162. The van der Waals surface area contributed by atoms with E-state index in [-0.39, 0.29) is 18.9 Å². The van der Waals surface area contributed by atoms with Gasteiger partial charge in [0.05, 0.1) is 36.6 Å². The molecule has 2 N–H and O–H groups in total. The van der Waals surface area contributed by atoms with Crippen LogP contribution in [0.1, 0.15) is 55.9 Å². The number of aliphatic hydroxyl groups excluding tert-OH is 1. The van der Waals surface area contributed by atoms with Gasteiger partial charge < -0.3 is 29.7 Å². The van der Waals surface area contributed by atoms with Gasteiger partial charge in [-0.05, 0) is 61.6 Å². The molecule has 6 rings (SSSR count). The topological polar surface area (TPSA) is 125 Å². The van der Waals surface area contributed by atoms with Crippen molar-refractivity contribution in [1.82, 2.24) is 10.2 Å². The molecule has 3 aromatic carbocycles. The van der Waals surface area contributed by atoms with E-state index in [0.29, 0.717) is 41.1 Å². The zero-order valence-electron chi connectivity index (χ0n) is 29.1. The van der Waals surface area contributed by atoms with Crippen molar-refractivity contribution in [1.29, 1.82) is 0 Å². The van der Waals surface area contributed by atoms with Crippen LogP contribution in [0, 0.1) is 11.8 Å². The number of benzene rings is 3. The molecule has 3 heterocycles. The number of carbonyl (C=O) groups excluding carboxylic acids is 4.